The van der Waals surface area contributed by atoms with E-state index in [9.17, 15) is 0 Å². The molecule has 0 aromatic heterocycles. The molecule has 7 heteroatoms. The van der Waals surface area contributed by atoms with E-state index in [4.69, 9.17) is 14.2 Å². The number of halogens is 1. The van der Waals surface area contributed by atoms with Crippen molar-refractivity contribution in [1.29, 1.82) is 0 Å². The highest BCUT2D eigenvalue weighted by molar-refractivity contribution is 14.0. The summed E-state index contributed by atoms with van der Waals surface area (Å²) in [6.45, 7) is 5.79. The smallest absolute Gasteiger partial charge is 0.195 e. The molecule has 0 radical (unpaired) electrons. The standard InChI is InChI=1S/C20H27N3O3.HI/c1-5-25-17-9-7-8-15(12-17)14-22-20(21-3)23-16-10-11-18(26-6-2)19(13-16)24-4;/h7-13H,5-6,14H2,1-4H3,(H2,21,22,23);1H. The molecule has 0 amide bonds. The van der Waals surface area contributed by atoms with Crippen LogP contribution in [0.1, 0.15) is 19.4 Å². The van der Waals surface area contributed by atoms with Gasteiger partial charge in [-0.05, 0) is 43.7 Å². The maximum absolute atomic E-state index is 5.54. The van der Waals surface area contributed by atoms with Gasteiger partial charge < -0.3 is 24.8 Å². The predicted molar refractivity (Wildman–Crippen MR) is 121 cm³/mol. The Labute approximate surface area is 178 Å². The largest absolute Gasteiger partial charge is 0.494 e. The van der Waals surface area contributed by atoms with E-state index in [1.165, 1.54) is 0 Å². The molecule has 2 aromatic carbocycles. The number of nitrogens with zero attached hydrogens (tertiary/aromatic N) is 1. The number of benzene rings is 2. The van der Waals surface area contributed by atoms with E-state index in [1.807, 2.05) is 56.3 Å². The van der Waals surface area contributed by atoms with E-state index >= 15 is 0 Å². The molecular formula is C20H28IN3O3. The van der Waals surface area contributed by atoms with Gasteiger partial charge in [0, 0.05) is 25.3 Å². The van der Waals surface area contributed by atoms with Gasteiger partial charge in [-0.1, -0.05) is 12.1 Å². The van der Waals surface area contributed by atoms with Crippen molar-refractivity contribution in [3.05, 3.63) is 48.0 Å². The van der Waals surface area contributed by atoms with Gasteiger partial charge in [0.05, 0.1) is 20.3 Å². The topological polar surface area (TPSA) is 64.1 Å². The van der Waals surface area contributed by atoms with Crippen LogP contribution in [0.25, 0.3) is 0 Å². The summed E-state index contributed by atoms with van der Waals surface area (Å²) in [7, 11) is 3.36. The van der Waals surface area contributed by atoms with Gasteiger partial charge in [0.1, 0.15) is 5.75 Å². The van der Waals surface area contributed by atoms with Crippen LogP contribution >= 0.6 is 24.0 Å². The van der Waals surface area contributed by atoms with E-state index in [-0.39, 0.29) is 24.0 Å². The average molecular weight is 485 g/mol. The summed E-state index contributed by atoms with van der Waals surface area (Å²) in [4.78, 5) is 4.26. The summed E-state index contributed by atoms with van der Waals surface area (Å²) in [5, 5.41) is 6.55. The highest BCUT2D eigenvalue weighted by Crippen LogP contribution is 2.30. The molecule has 0 unspecified atom stereocenters. The van der Waals surface area contributed by atoms with Gasteiger partial charge in [0.15, 0.2) is 17.5 Å². The van der Waals surface area contributed by atoms with Crippen molar-refractivity contribution in [2.75, 3.05) is 32.7 Å². The molecule has 0 heterocycles. The lowest BCUT2D eigenvalue weighted by Crippen LogP contribution is -2.30. The molecule has 2 aromatic rings. The van der Waals surface area contributed by atoms with Gasteiger partial charge in [-0.3, -0.25) is 4.99 Å². The first kappa shape index (κ1) is 22.9. The van der Waals surface area contributed by atoms with Crippen molar-refractivity contribution < 1.29 is 14.2 Å². The number of aliphatic imine (C=N–C) groups is 1. The minimum Gasteiger partial charge on any atom is -0.494 e. The first-order valence-corrected chi connectivity index (χ1v) is 8.70. The van der Waals surface area contributed by atoms with Crippen LogP contribution < -0.4 is 24.8 Å². The number of hydrogen-bond donors (Lipinski definition) is 2. The molecule has 0 aliphatic carbocycles. The Bertz CT molecular complexity index is 738. The maximum atomic E-state index is 5.54. The monoisotopic (exact) mass is 485 g/mol. The minimum absolute atomic E-state index is 0. The fourth-order valence-corrected chi connectivity index (χ4v) is 2.43. The van der Waals surface area contributed by atoms with Crippen LogP contribution in [-0.4, -0.2) is 33.3 Å². The zero-order valence-electron chi connectivity index (χ0n) is 16.2. The Morgan fingerprint density at radius 1 is 1.00 bits per heavy atom. The fraction of sp³-hybridized carbons (Fsp3) is 0.350. The summed E-state index contributed by atoms with van der Waals surface area (Å²) < 4.78 is 16.5. The number of nitrogens with one attached hydrogen (secondary N) is 2. The minimum atomic E-state index is 0. The van der Waals surface area contributed by atoms with Crippen LogP contribution in [0.3, 0.4) is 0 Å². The van der Waals surface area contributed by atoms with Crippen molar-refractivity contribution in [3.63, 3.8) is 0 Å². The summed E-state index contributed by atoms with van der Waals surface area (Å²) >= 11 is 0. The Morgan fingerprint density at radius 2 is 1.78 bits per heavy atom. The number of guanidine groups is 1. The van der Waals surface area contributed by atoms with E-state index in [1.54, 1.807) is 14.2 Å². The van der Waals surface area contributed by atoms with E-state index in [0.717, 1.165) is 22.7 Å². The van der Waals surface area contributed by atoms with Crippen molar-refractivity contribution in [1.82, 2.24) is 5.32 Å². The Kier molecular flexibility index (Phi) is 10.4. The number of hydrogen-bond acceptors (Lipinski definition) is 4. The molecule has 148 valence electrons. The third-order valence-electron chi connectivity index (χ3n) is 3.62. The lowest BCUT2D eigenvalue weighted by atomic mass is 10.2. The highest BCUT2D eigenvalue weighted by atomic mass is 127. The van der Waals surface area contributed by atoms with Crippen LogP contribution in [-0.2, 0) is 6.54 Å². The highest BCUT2D eigenvalue weighted by Gasteiger charge is 2.07. The Hall–Kier alpha value is -2.16. The molecule has 0 fully saturated rings. The third-order valence-corrected chi connectivity index (χ3v) is 3.62. The Balaban J connectivity index is 0.00000364. The zero-order chi connectivity index (χ0) is 18.8. The number of anilines is 1. The summed E-state index contributed by atoms with van der Waals surface area (Å²) in [6.07, 6.45) is 0. The number of methoxy groups -OCH3 is 1. The van der Waals surface area contributed by atoms with E-state index in [0.29, 0.717) is 31.5 Å². The normalized spacial score (nSPS) is 10.6. The number of ether oxygens (including phenoxy) is 3. The molecule has 2 N–H and O–H groups in total. The number of rotatable bonds is 8. The van der Waals surface area contributed by atoms with Crippen molar-refractivity contribution in [2.24, 2.45) is 4.99 Å². The molecular weight excluding hydrogens is 457 g/mol. The SMILES string of the molecule is CCOc1cccc(CNC(=NC)Nc2ccc(OCC)c(OC)c2)c1.I. The quantitative estimate of drug-likeness (QED) is 0.332. The second-order valence-electron chi connectivity index (χ2n) is 5.43. The van der Waals surface area contributed by atoms with Gasteiger partial charge in [0.2, 0.25) is 0 Å². The first-order chi connectivity index (χ1) is 12.7. The van der Waals surface area contributed by atoms with Gasteiger partial charge >= 0.3 is 0 Å². The summed E-state index contributed by atoms with van der Waals surface area (Å²) in [5.41, 5.74) is 1.98. The van der Waals surface area contributed by atoms with Crippen molar-refractivity contribution in [2.45, 2.75) is 20.4 Å². The molecule has 0 bridgehead atoms. The molecule has 0 aliphatic heterocycles. The predicted octanol–water partition coefficient (Wildman–Crippen LogP) is 4.30. The van der Waals surface area contributed by atoms with Crippen LogP contribution in [0.4, 0.5) is 5.69 Å². The van der Waals surface area contributed by atoms with Gasteiger partial charge in [-0.2, -0.15) is 0 Å². The maximum Gasteiger partial charge on any atom is 0.195 e. The van der Waals surface area contributed by atoms with Gasteiger partial charge in [-0.25, -0.2) is 0 Å². The molecule has 27 heavy (non-hydrogen) atoms. The second kappa shape index (κ2) is 12.3. The molecule has 0 spiro atoms. The van der Waals surface area contributed by atoms with E-state index in [2.05, 4.69) is 15.6 Å². The molecule has 0 atom stereocenters. The lowest BCUT2D eigenvalue weighted by molar-refractivity contribution is 0.311. The van der Waals surface area contributed by atoms with Gasteiger partial charge in [0.25, 0.3) is 0 Å². The zero-order valence-corrected chi connectivity index (χ0v) is 18.6. The lowest BCUT2D eigenvalue weighted by Gasteiger charge is -2.15. The average Bonchev–Trinajstić information content (AvgIpc) is 2.67. The van der Waals surface area contributed by atoms with Crippen LogP contribution in [0.2, 0.25) is 0 Å². The van der Waals surface area contributed by atoms with Crippen LogP contribution in [0.5, 0.6) is 17.2 Å². The van der Waals surface area contributed by atoms with Crippen molar-refractivity contribution in [3.8, 4) is 17.2 Å². The second-order valence-corrected chi connectivity index (χ2v) is 5.43. The van der Waals surface area contributed by atoms with Crippen molar-refractivity contribution >= 4 is 35.6 Å². The summed E-state index contributed by atoms with van der Waals surface area (Å²) in [6, 6.07) is 13.7. The molecule has 0 saturated heterocycles. The first-order valence-electron chi connectivity index (χ1n) is 8.70. The summed E-state index contributed by atoms with van der Waals surface area (Å²) in [5.74, 6) is 2.93. The molecule has 6 nitrogen and oxygen atoms in total. The van der Waals surface area contributed by atoms with Crippen LogP contribution in [0.15, 0.2) is 47.5 Å². The van der Waals surface area contributed by atoms with Crippen LogP contribution in [0, 0.1) is 0 Å². The fourth-order valence-electron chi connectivity index (χ4n) is 2.43. The molecule has 0 aliphatic rings. The third kappa shape index (κ3) is 7.16. The molecule has 0 saturated carbocycles. The van der Waals surface area contributed by atoms with E-state index < -0.39 is 0 Å². The Morgan fingerprint density at radius 3 is 2.44 bits per heavy atom. The van der Waals surface area contributed by atoms with Gasteiger partial charge in [-0.15, -0.1) is 24.0 Å². The molecule has 2 rings (SSSR count).